The van der Waals surface area contributed by atoms with Crippen LogP contribution in [0, 0.1) is 13.8 Å². The number of benzene rings is 4. The van der Waals surface area contributed by atoms with Crippen LogP contribution in [0.15, 0.2) is 107 Å². The first-order valence-corrected chi connectivity index (χ1v) is 23.7. The van der Waals surface area contributed by atoms with Gasteiger partial charge in [0.15, 0.2) is 5.78 Å². The van der Waals surface area contributed by atoms with E-state index in [-0.39, 0.29) is 23.4 Å². The van der Waals surface area contributed by atoms with Gasteiger partial charge in [-0.2, -0.15) is 0 Å². The molecule has 2 aromatic heterocycles. The van der Waals surface area contributed by atoms with Crippen LogP contribution in [-0.4, -0.2) is 162 Å². The molecule has 0 bridgehead atoms. The molecule has 0 aliphatic carbocycles. The number of aliphatic hydroxyl groups excluding tert-OH is 8. The van der Waals surface area contributed by atoms with Gasteiger partial charge in [-0.3, -0.25) is 14.4 Å². The third kappa shape index (κ3) is 12.1. The van der Waals surface area contributed by atoms with Gasteiger partial charge in [-0.15, -0.1) is 0 Å². The van der Waals surface area contributed by atoms with Crippen molar-refractivity contribution in [1.82, 2.24) is 14.0 Å². The fourth-order valence-corrected chi connectivity index (χ4v) is 8.60. The standard InChI is InChI=1S/C27H32N2O8.C26H32N2O7/c1-15-11-17(6-7-21(15)36-27-25(34)24(33)23(32)22(14-30)37-27)18-5-4-16-8-10-29(26(35)20(16)12-18)13-19(31)3-2-9-28;1-15-12-17(6-7-20(15)34-26-24(32)23(31)22(30)21(14-29)35-26)18-5-4-16-8-9-28(11-10-27(2)3)25(33)19(16)13-18/h4-8,10-12,22-25,27,30,32-34H,2-3,9,13-14,28H2,1H3;4-9,12-13,21-24,26,29-32H,10-11,14H2,1-3H3. The van der Waals surface area contributed by atoms with Gasteiger partial charge in [-0.05, 0) is 134 Å². The molecular weight excluding hydrogens is 933 g/mol. The largest absolute Gasteiger partial charge is 0.462 e. The van der Waals surface area contributed by atoms with Gasteiger partial charge < -0.3 is 79.6 Å². The van der Waals surface area contributed by atoms with E-state index in [2.05, 4.69) is 0 Å². The SMILES string of the molecule is Cc1cc(-c2ccc3ccn(CC(=O)CCCN)c(=O)c3c2)ccc1OC1OC(CO)C(O)C(O)C1O.Cc1cc(-c2ccc3ccn(CCN(C)C)c(=O)c3c2)ccc1OC1OC(CO)C(O)C(O)C1O. The van der Waals surface area contributed by atoms with E-state index >= 15 is 0 Å². The highest BCUT2D eigenvalue weighted by molar-refractivity contribution is 5.88. The first kappa shape index (κ1) is 53.9. The number of nitrogens with two attached hydrogens (primary N) is 1. The first-order chi connectivity index (χ1) is 34.4. The van der Waals surface area contributed by atoms with Crippen molar-refractivity contribution < 1.29 is 64.6 Å². The molecule has 2 aliphatic heterocycles. The molecule has 2 aliphatic rings. The Bertz CT molecular complexity index is 2960. The van der Waals surface area contributed by atoms with Crippen LogP contribution in [0.3, 0.4) is 0 Å². The second-order valence-corrected chi connectivity index (χ2v) is 18.5. The first-order valence-electron chi connectivity index (χ1n) is 23.7. The summed E-state index contributed by atoms with van der Waals surface area (Å²) in [7, 11) is 3.94. The lowest BCUT2D eigenvalue weighted by Gasteiger charge is -2.39. The second kappa shape index (κ2) is 23.8. The molecule has 19 nitrogen and oxygen atoms in total. The Labute approximate surface area is 415 Å². The smallest absolute Gasteiger partial charge is 0.258 e. The lowest BCUT2D eigenvalue weighted by Crippen LogP contribution is -2.60. The molecule has 10 atom stereocenters. The minimum atomic E-state index is -1.53. The Morgan fingerprint density at radius 2 is 1.04 bits per heavy atom. The zero-order valence-electron chi connectivity index (χ0n) is 40.5. The number of carbonyl (C=O) groups is 1. The number of aryl methyl sites for hydroxylation is 2. The number of aliphatic hydroxyl groups is 8. The number of pyridine rings is 2. The Morgan fingerprint density at radius 1 is 0.611 bits per heavy atom. The number of ketones is 1. The predicted octanol–water partition coefficient (Wildman–Crippen LogP) is 1.18. The quantitative estimate of drug-likeness (QED) is 0.0658. The van der Waals surface area contributed by atoms with Gasteiger partial charge in [0.2, 0.25) is 12.6 Å². The maximum atomic E-state index is 13.1. The number of likely N-dealkylation sites (N-methyl/N-ethyl adjacent to an activating group) is 1. The number of carbonyl (C=O) groups excluding carboxylic acids is 1. The number of aromatic nitrogens is 2. The topological polar surface area (TPSA) is 289 Å². The molecule has 4 heterocycles. The summed E-state index contributed by atoms with van der Waals surface area (Å²) >= 11 is 0. The molecule has 386 valence electrons. The molecule has 2 saturated heterocycles. The highest BCUT2D eigenvalue weighted by Crippen LogP contribution is 2.33. The highest BCUT2D eigenvalue weighted by Gasteiger charge is 2.46. The summed E-state index contributed by atoms with van der Waals surface area (Å²) in [6, 6.07) is 25.8. The van der Waals surface area contributed by atoms with Crippen LogP contribution in [0.5, 0.6) is 11.5 Å². The Hall–Kier alpha value is -5.91. The minimum absolute atomic E-state index is 0.00208. The molecule has 10 N–H and O–H groups in total. The molecule has 6 aromatic rings. The number of Topliss-reactive ketones (excluding diaryl/α,β-unsaturated/α-hetero) is 1. The van der Waals surface area contributed by atoms with Gasteiger partial charge in [-0.25, -0.2) is 0 Å². The number of hydrogen-bond donors (Lipinski definition) is 9. The molecule has 4 aromatic carbocycles. The highest BCUT2D eigenvalue weighted by atomic mass is 16.7. The summed E-state index contributed by atoms with van der Waals surface area (Å²) in [5.41, 5.74) is 9.99. The van der Waals surface area contributed by atoms with E-state index in [9.17, 15) is 55.2 Å². The van der Waals surface area contributed by atoms with Crippen LogP contribution in [-0.2, 0) is 27.4 Å². The van der Waals surface area contributed by atoms with Gasteiger partial charge in [0, 0.05) is 42.7 Å². The van der Waals surface area contributed by atoms with Crippen molar-refractivity contribution in [2.75, 3.05) is 40.4 Å². The lowest BCUT2D eigenvalue weighted by atomic mass is 9.99. The van der Waals surface area contributed by atoms with Crippen molar-refractivity contribution in [3.05, 3.63) is 129 Å². The van der Waals surface area contributed by atoms with Crippen molar-refractivity contribution >= 4 is 27.3 Å². The van der Waals surface area contributed by atoms with Gasteiger partial charge in [0.1, 0.15) is 60.3 Å². The molecule has 10 unspecified atom stereocenters. The fourth-order valence-electron chi connectivity index (χ4n) is 8.60. The average Bonchev–Trinajstić information content (AvgIpc) is 3.37. The maximum absolute atomic E-state index is 13.1. The van der Waals surface area contributed by atoms with Crippen molar-refractivity contribution in [1.29, 1.82) is 0 Å². The van der Waals surface area contributed by atoms with Gasteiger partial charge in [-0.1, -0.05) is 36.4 Å². The maximum Gasteiger partial charge on any atom is 0.258 e. The number of fused-ring (bicyclic) bond motifs is 2. The van der Waals surface area contributed by atoms with E-state index < -0.39 is 74.6 Å². The molecule has 0 amide bonds. The number of rotatable bonds is 16. The number of ether oxygens (including phenoxy) is 4. The van der Waals surface area contributed by atoms with Gasteiger partial charge in [0.05, 0.1) is 19.8 Å². The molecule has 8 rings (SSSR count). The summed E-state index contributed by atoms with van der Waals surface area (Å²) in [6.45, 7) is 4.35. The van der Waals surface area contributed by atoms with Gasteiger partial charge >= 0.3 is 0 Å². The third-order valence-corrected chi connectivity index (χ3v) is 13.0. The predicted molar refractivity (Wildman–Crippen MR) is 267 cm³/mol. The Balaban J connectivity index is 0.000000212. The van der Waals surface area contributed by atoms with Crippen LogP contribution < -0.4 is 26.3 Å². The van der Waals surface area contributed by atoms with E-state index in [0.717, 1.165) is 45.1 Å². The molecule has 0 spiro atoms. The van der Waals surface area contributed by atoms with Crippen molar-refractivity contribution in [2.45, 2.75) is 101 Å². The molecular formula is C53H64N4O15. The van der Waals surface area contributed by atoms with Crippen LogP contribution >= 0.6 is 0 Å². The fraction of sp³-hybridized carbons (Fsp3) is 0.415. The second-order valence-electron chi connectivity index (χ2n) is 18.5. The van der Waals surface area contributed by atoms with Gasteiger partial charge in [0.25, 0.3) is 11.1 Å². The van der Waals surface area contributed by atoms with E-state index in [4.69, 9.17) is 24.7 Å². The van der Waals surface area contributed by atoms with E-state index in [1.807, 2.05) is 86.7 Å². The summed E-state index contributed by atoms with van der Waals surface area (Å²) in [5.74, 6) is 0.755. The Morgan fingerprint density at radius 3 is 1.47 bits per heavy atom. The normalized spacial score (nSPS) is 24.2. The summed E-state index contributed by atoms with van der Waals surface area (Å²) in [6.07, 6.45) is -9.24. The van der Waals surface area contributed by atoms with Crippen molar-refractivity contribution in [3.63, 3.8) is 0 Å². The molecule has 0 saturated carbocycles. The van der Waals surface area contributed by atoms with Crippen LogP contribution in [0.4, 0.5) is 0 Å². The van der Waals surface area contributed by atoms with E-state index in [0.29, 0.717) is 53.8 Å². The summed E-state index contributed by atoms with van der Waals surface area (Å²) < 4.78 is 25.5. The van der Waals surface area contributed by atoms with Crippen LogP contribution in [0.25, 0.3) is 43.8 Å². The van der Waals surface area contributed by atoms with E-state index in [1.165, 1.54) is 4.57 Å². The molecule has 0 radical (unpaired) electrons. The Kier molecular flexibility index (Phi) is 17.8. The lowest BCUT2D eigenvalue weighted by molar-refractivity contribution is -0.277. The van der Waals surface area contributed by atoms with Crippen LogP contribution in [0.1, 0.15) is 24.0 Å². The van der Waals surface area contributed by atoms with Crippen molar-refractivity contribution in [2.24, 2.45) is 5.73 Å². The zero-order chi connectivity index (χ0) is 52.0. The average molecular weight is 997 g/mol. The number of hydrogen-bond acceptors (Lipinski definition) is 17. The van der Waals surface area contributed by atoms with Crippen LogP contribution in [0.2, 0.25) is 0 Å². The third-order valence-electron chi connectivity index (χ3n) is 13.0. The molecule has 72 heavy (non-hydrogen) atoms. The summed E-state index contributed by atoms with van der Waals surface area (Å²) in [4.78, 5) is 40.3. The number of nitrogens with zero attached hydrogens (tertiary/aromatic N) is 3. The molecule has 19 heteroatoms. The minimum Gasteiger partial charge on any atom is -0.462 e. The monoisotopic (exact) mass is 996 g/mol. The van der Waals surface area contributed by atoms with E-state index in [1.54, 1.807) is 48.0 Å². The molecule has 2 fully saturated rings. The van der Waals surface area contributed by atoms with Crippen molar-refractivity contribution in [3.8, 4) is 33.8 Å². The summed E-state index contributed by atoms with van der Waals surface area (Å²) in [5, 5.41) is 81.9. The zero-order valence-corrected chi connectivity index (χ0v) is 40.5.